The number of rotatable bonds is 6. The normalized spacial score (nSPS) is 12.5. The van der Waals surface area contributed by atoms with Gasteiger partial charge < -0.3 is 14.8 Å². The van der Waals surface area contributed by atoms with Gasteiger partial charge in [0, 0.05) is 17.5 Å². The van der Waals surface area contributed by atoms with Gasteiger partial charge in [0.15, 0.2) is 16.6 Å². The Morgan fingerprint density at radius 1 is 1.29 bits per heavy atom. The van der Waals surface area contributed by atoms with E-state index in [4.69, 9.17) is 21.7 Å². The molecule has 0 aromatic heterocycles. The summed E-state index contributed by atoms with van der Waals surface area (Å²) in [5, 5.41) is 7.77. The highest BCUT2D eigenvalue weighted by atomic mass is 32.1. The lowest BCUT2D eigenvalue weighted by molar-refractivity contribution is 0.355. The van der Waals surface area contributed by atoms with E-state index in [0.29, 0.717) is 22.5 Å². The molecule has 0 fully saturated rings. The topological polar surface area (TPSA) is 54.9 Å². The molecule has 0 radical (unpaired) electrons. The van der Waals surface area contributed by atoms with Crippen LogP contribution in [0.4, 0.5) is 5.69 Å². The van der Waals surface area contributed by atoms with Crippen LogP contribution in [0.15, 0.2) is 23.3 Å². The average molecular weight is 309 g/mol. The molecule has 0 amide bonds. The van der Waals surface area contributed by atoms with Crippen molar-refractivity contribution in [3.05, 3.63) is 18.2 Å². The summed E-state index contributed by atoms with van der Waals surface area (Å²) in [6.07, 6.45) is 1.05. The summed E-state index contributed by atoms with van der Waals surface area (Å²) in [6, 6.07) is 5.50. The second kappa shape index (κ2) is 8.46. The zero-order chi connectivity index (χ0) is 15.8. The molecular weight excluding hydrogens is 286 g/mol. The van der Waals surface area contributed by atoms with Crippen LogP contribution in [0.1, 0.15) is 27.2 Å². The molecule has 0 aliphatic carbocycles. The first kappa shape index (κ1) is 17.2. The molecule has 0 saturated carbocycles. The third-order valence-corrected chi connectivity index (χ3v) is 3.49. The quantitative estimate of drug-likeness (QED) is 0.479. The Morgan fingerprint density at radius 3 is 2.52 bits per heavy atom. The van der Waals surface area contributed by atoms with Crippen LogP contribution in [0.3, 0.4) is 0 Å². The van der Waals surface area contributed by atoms with Crippen LogP contribution in [0.5, 0.6) is 11.5 Å². The van der Waals surface area contributed by atoms with Gasteiger partial charge in [-0.1, -0.05) is 13.8 Å². The van der Waals surface area contributed by atoms with Gasteiger partial charge in [0.05, 0.1) is 14.2 Å². The van der Waals surface area contributed by atoms with Crippen LogP contribution < -0.4 is 20.2 Å². The molecule has 6 heteroatoms. The van der Waals surface area contributed by atoms with Gasteiger partial charge in [-0.15, -0.1) is 0 Å². The Kier molecular flexibility index (Phi) is 6.94. The number of hydrazone groups is 1. The fourth-order valence-electron chi connectivity index (χ4n) is 1.62. The zero-order valence-corrected chi connectivity index (χ0v) is 14.0. The second-order valence-electron chi connectivity index (χ2n) is 4.70. The molecule has 2 N–H and O–H groups in total. The minimum absolute atomic E-state index is 0.432. The summed E-state index contributed by atoms with van der Waals surface area (Å²) >= 11 is 5.22. The summed E-state index contributed by atoms with van der Waals surface area (Å²) in [5.41, 5.74) is 4.68. The highest BCUT2D eigenvalue weighted by Gasteiger charge is 2.06. The Balaban J connectivity index is 2.67. The van der Waals surface area contributed by atoms with E-state index in [1.54, 1.807) is 14.2 Å². The first-order valence-corrected chi connectivity index (χ1v) is 7.25. The lowest BCUT2D eigenvalue weighted by Gasteiger charge is -2.12. The summed E-state index contributed by atoms with van der Waals surface area (Å²) in [7, 11) is 3.20. The smallest absolute Gasteiger partial charge is 0.191 e. The third-order valence-electron chi connectivity index (χ3n) is 3.30. The molecule has 1 rings (SSSR count). The van der Waals surface area contributed by atoms with Crippen LogP contribution in [-0.2, 0) is 0 Å². The Bertz CT molecular complexity index is 518. The van der Waals surface area contributed by atoms with Crippen molar-refractivity contribution in [2.45, 2.75) is 27.2 Å². The molecule has 1 aromatic rings. The third kappa shape index (κ3) is 5.23. The van der Waals surface area contributed by atoms with E-state index in [9.17, 15) is 0 Å². The van der Waals surface area contributed by atoms with Gasteiger partial charge in [-0.25, -0.2) is 0 Å². The molecule has 1 atom stereocenters. The number of methoxy groups -OCH3 is 2. The summed E-state index contributed by atoms with van der Waals surface area (Å²) in [4.78, 5) is 0. The highest BCUT2D eigenvalue weighted by molar-refractivity contribution is 7.80. The molecule has 0 spiro atoms. The van der Waals surface area contributed by atoms with Gasteiger partial charge in [0.1, 0.15) is 0 Å². The number of benzene rings is 1. The van der Waals surface area contributed by atoms with Crippen LogP contribution in [0.25, 0.3) is 0 Å². The fraction of sp³-hybridized carbons (Fsp3) is 0.467. The molecule has 5 nitrogen and oxygen atoms in total. The van der Waals surface area contributed by atoms with Crippen molar-refractivity contribution in [3.63, 3.8) is 0 Å². The highest BCUT2D eigenvalue weighted by Crippen LogP contribution is 2.29. The number of hydrogen-bond donors (Lipinski definition) is 2. The van der Waals surface area contributed by atoms with Gasteiger partial charge in [-0.05, 0) is 43.6 Å². The maximum Gasteiger partial charge on any atom is 0.191 e. The predicted octanol–water partition coefficient (Wildman–Crippen LogP) is 3.41. The van der Waals surface area contributed by atoms with Crippen LogP contribution >= 0.6 is 12.2 Å². The first-order chi connectivity index (χ1) is 10.0. The van der Waals surface area contributed by atoms with E-state index in [0.717, 1.165) is 17.8 Å². The van der Waals surface area contributed by atoms with Crippen LogP contribution in [0.2, 0.25) is 0 Å². The number of hydrogen-bond acceptors (Lipinski definition) is 4. The van der Waals surface area contributed by atoms with E-state index in [1.807, 2.05) is 25.1 Å². The van der Waals surface area contributed by atoms with E-state index in [-0.39, 0.29) is 0 Å². The second-order valence-corrected chi connectivity index (χ2v) is 5.11. The van der Waals surface area contributed by atoms with Gasteiger partial charge in [0.25, 0.3) is 0 Å². The lowest BCUT2D eigenvalue weighted by Crippen LogP contribution is -2.25. The molecule has 0 saturated heterocycles. The zero-order valence-electron chi connectivity index (χ0n) is 13.2. The molecule has 0 bridgehead atoms. The van der Waals surface area contributed by atoms with Crippen LogP contribution in [0, 0.1) is 5.92 Å². The summed E-state index contributed by atoms with van der Waals surface area (Å²) in [5.74, 6) is 1.75. The maximum atomic E-state index is 5.25. The van der Waals surface area contributed by atoms with Crippen molar-refractivity contribution >= 4 is 28.7 Å². The average Bonchev–Trinajstić information content (AvgIpc) is 2.51. The van der Waals surface area contributed by atoms with Gasteiger partial charge in [-0.2, -0.15) is 5.10 Å². The van der Waals surface area contributed by atoms with Crippen molar-refractivity contribution in [2.75, 3.05) is 19.5 Å². The SMILES string of the molecule is CC[C@@H](C)/C(C)=N\NC(=S)Nc1ccc(OC)c(OC)c1. The van der Waals surface area contributed by atoms with Gasteiger partial charge in [0.2, 0.25) is 0 Å². The molecule has 0 aliphatic heterocycles. The van der Waals surface area contributed by atoms with Crippen molar-refractivity contribution in [3.8, 4) is 11.5 Å². The largest absolute Gasteiger partial charge is 0.493 e. The fourth-order valence-corrected chi connectivity index (χ4v) is 1.78. The Hall–Kier alpha value is -1.82. The van der Waals surface area contributed by atoms with E-state index >= 15 is 0 Å². The first-order valence-electron chi connectivity index (χ1n) is 6.85. The monoisotopic (exact) mass is 309 g/mol. The van der Waals surface area contributed by atoms with Crippen molar-refractivity contribution < 1.29 is 9.47 Å². The maximum absolute atomic E-state index is 5.25. The number of ether oxygens (including phenoxy) is 2. The Morgan fingerprint density at radius 2 is 1.95 bits per heavy atom. The standard InChI is InChI=1S/C15H23N3O2S/c1-6-10(2)11(3)17-18-15(21)16-12-7-8-13(19-4)14(9-12)20-5/h7-10H,6H2,1-5H3,(H2,16,18,21)/b17-11-/t10-/m1/s1. The Labute approximate surface area is 131 Å². The number of anilines is 1. The van der Waals surface area contributed by atoms with Crippen molar-refractivity contribution in [1.82, 2.24) is 5.43 Å². The molecule has 1 aromatic carbocycles. The molecule has 0 unspecified atom stereocenters. The summed E-state index contributed by atoms with van der Waals surface area (Å²) in [6.45, 7) is 6.25. The van der Waals surface area contributed by atoms with E-state index in [1.165, 1.54) is 0 Å². The molecular formula is C15H23N3O2S. The molecule has 0 aliphatic rings. The van der Waals surface area contributed by atoms with Gasteiger partial charge in [-0.3, -0.25) is 5.43 Å². The predicted molar refractivity (Wildman–Crippen MR) is 91.5 cm³/mol. The lowest BCUT2D eigenvalue weighted by atomic mass is 10.1. The van der Waals surface area contributed by atoms with Crippen molar-refractivity contribution in [2.24, 2.45) is 11.0 Å². The minimum Gasteiger partial charge on any atom is -0.493 e. The number of nitrogens with one attached hydrogen (secondary N) is 2. The van der Waals surface area contributed by atoms with E-state index in [2.05, 4.69) is 29.7 Å². The van der Waals surface area contributed by atoms with Gasteiger partial charge >= 0.3 is 0 Å². The van der Waals surface area contributed by atoms with Crippen molar-refractivity contribution in [1.29, 1.82) is 0 Å². The summed E-state index contributed by atoms with van der Waals surface area (Å²) < 4.78 is 10.4. The minimum atomic E-state index is 0.432. The van der Waals surface area contributed by atoms with E-state index < -0.39 is 0 Å². The molecule has 21 heavy (non-hydrogen) atoms. The number of thiocarbonyl (C=S) groups is 1. The molecule has 116 valence electrons. The number of nitrogens with zero attached hydrogens (tertiary/aromatic N) is 1. The van der Waals surface area contributed by atoms with Crippen LogP contribution in [-0.4, -0.2) is 25.0 Å². The molecule has 0 heterocycles.